The molecular weight excluding hydrogens is 374 g/mol. The monoisotopic (exact) mass is 393 g/mol. The zero-order valence-corrected chi connectivity index (χ0v) is 16.1. The predicted molar refractivity (Wildman–Crippen MR) is 111 cm³/mol. The quantitative estimate of drug-likeness (QED) is 0.739. The molecule has 0 aliphatic carbocycles. The van der Waals surface area contributed by atoms with Gasteiger partial charge in [0.15, 0.2) is 0 Å². The Kier molecular flexibility index (Phi) is 5.03. The minimum Gasteiger partial charge on any atom is -0.341 e. The summed E-state index contributed by atoms with van der Waals surface area (Å²) < 4.78 is 1.64. The van der Waals surface area contributed by atoms with Gasteiger partial charge < -0.3 is 10.6 Å². The molecule has 0 spiro atoms. The number of piperidine rings is 1. The second-order valence-corrected chi connectivity index (χ2v) is 7.52. The fourth-order valence-electron chi connectivity index (χ4n) is 3.70. The lowest BCUT2D eigenvalue weighted by Gasteiger charge is -2.33. The Hall–Kier alpha value is -2.88. The van der Waals surface area contributed by atoms with Gasteiger partial charge in [0.2, 0.25) is 5.95 Å². The molecule has 0 unspecified atom stereocenters. The maximum Gasteiger partial charge on any atom is 0.263 e. The molecule has 1 fully saturated rings. The molecule has 1 saturated heterocycles. The van der Waals surface area contributed by atoms with Crippen LogP contribution in [0, 0.1) is 11.3 Å². The maximum atomic E-state index is 13.3. The molecule has 0 bridgehead atoms. The standard InChI is InChI=1S/C21H20ClN5O/c22-16-7-8-18-19(10-16)25-21(26-9-3-6-17(24)13-26)27(20(18)28)12-15-5-2-1-4-14(15)11-23/h1-2,4-5,7-8,10,17H,3,6,9,12-13,24H2/t17-/m1/s1. The highest BCUT2D eigenvalue weighted by Crippen LogP contribution is 2.23. The Morgan fingerprint density at radius 2 is 2.11 bits per heavy atom. The van der Waals surface area contributed by atoms with E-state index in [1.165, 1.54) is 0 Å². The maximum absolute atomic E-state index is 13.3. The van der Waals surface area contributed by atoms with Gasteiger partial charge in [0.25, 0.3) is 5.56 Å². The molecule has 1 atom stereocenters. The number of nitrogens with two attached hydrogens (primary N) is 1. The minimum absolute atomic E-state index is 0.0422. The van der Waals surface area contributed by atoms with E-state index in [2.05, 4.69) is 11.0 Å². The molecule has 1 aliphatic heterocycles. The zero-order chi connectivity index (χ0) is 19.7. The molecule has 0 saturated carbocycles. The first kappa shape index (κ1) is 18.5. The van der Waals surface area contributed by atoms with Crippen molar-refractivity contribution < 1.29 is 0 Å². The van der Waals surface area contributed by atoms with Gasteiger partial charge in [-0.1, -0.05) is 29.8 Å². The van der Waals surface area contributed by atoms with Crippen LogP contribution in [0.3, 0.4) is 0 Å². The molecule has 2 aromatic carbocycles. The van der Waals surface area contributed by atoms with Crippen molar-refractivity contribution in [3.63, 3.8) is 0 Å². The van der Waals surface area contributed by atoms with Crippen LogP contribution in [-0.4, -0.2) is 28.7 Å². The molecule has 3 aromatic rings. The van der Waals surface area contributed by atoms with Crippen molar-refractivity contribution in [2.24, 2.45) is 5.73 Å². The number of fused-ring (bicyclic) bond motifs is 1. The van der Waals surface area contributed by atoms with Crippen LogP contribution in [0.4, 0.5) is 5.95 Å². The number of aromatic nitrogens is 2. The fourth-order valence-corrected chi connectivity index (χ4v) is 3.86. The number of anilines is 1. The highest BCUT2D eigenvalue weighted by Gasteiger charge is 2.23. The van der Waals surface area contributed by atoms with Crippen molar-refractivity contribution in [2.45, 2.75) is 25.4 Å². The first-order valence-electron chi connectivity index (χ1n) is 9.25. The molecule has 6 nitrogen and oxygen atoms in total. The van der Waals surface area contributed by atoms with E-state index in [1.807, 2.05) is 18.2 Å². The molecule has 28 heavy (non-hydrogen) atoms. The van der Waals surface area contributed by atoms with Gasteiger partial charge in [0.1, 0.15) is 0 Å². The lowest BCUT2D eigenvalue weighted by Crippen LogP contribution is -2.45. The third kappa shape index (κ3) is 3.47. The summed E-state index contributed by atoms with van der Waals surface area (Å²) in [5.41, 5.74) is 7.91. The third-order valence-corrected chi connectivity index (χ3v) is 5.34. The number of hydrogen-bond acceptors (Lipinski definition) is 5. The van der Waals surface area contributed by atoms with E-state index in [0.29, 0.717) is 34.0 Å². The average molecular weight is 394 g/mol. The van der Waals surface area contributed by atoms with E-state index in [4.69, 9.17) is 22.3 Å². The molecular formula is C21H20ClN5O. The summed E-state index contributed by atoms with van der Waals surface area (Å²) in [6.45, 7) is 1.69. The molecule has 7 heteroatoms. The van der Waals surface area contributed by atoms with Crippen molar-refractivity contribution in [3.8, 4) is 6.07 Å². The van der Waals surface area contributed by atoms with Gasteiger partial charge in [-0.2, -0.15) is 5.26 Å². The summed E-state index contributed by atoms with van der Waals surface area (Å²) in [6, 6.07) is 14.6. The van der Waals surface area contributed by atoms with E-state index in [9.17, 15) is 10.1 Å². The molecule has 2 N–H and O–H groups in total. The number of rotatable bonds is 3. The van der Waals surface area contributed by atoms with Crippen LogP contribution in [0.25, 0.3) is 10.9 Å². The van der Waals surface area contributed by atoms with E-state index in [-0.39, 0.29) is 18.1 Å². The van der Waals surface area contributed by atoms with Crippen molar-refractivity contribution in [2.75, 3.05) is 18.0 Å². The second kappa shape index (κ2) is 7.63. The number of nitriles is 1. The summed E-state index contributed by atoms with van der Waals surface area (Å²) in [6.07, 6.45) is 1.90. The lowest BCUT2D eigenvalue weighted by molar-refractivity contribution is 0.492. The van der Waals surface area contributed by atoms with Crippen molar-refractivity contribution in [1.82, 2.24) is 9.55 Å². The van der Waals surface area contributed by atoms with Gasteiger partial charge in [-0.3, -0.25) is 9.36 Å². The highest BCUT2D eigenvalue weighted by atomic mass is 35.5. The van der Waals surface area contributed by atoms with Crippen LogP contribution in [0.5, 0.6) is 0 Å². The summed E-state index contributed by atoms with van der Waals surface area (Å²) in [4.78, 5) is 20.2. The topological polar surface area (TPSA) is 87.9 Å². The first-order chi connectivity index (χ1) is 13.6. The van der Waals surface area contributed by atoms with Crippen LogP contribution in [0.15, 0.2) is 47.3 Å². The number of halogens is 1. The van der Waals surface area contributed by atoms with Gasteiger partial charge in [-0.15, -0.1) is 0 Å². The van der Waals surface area contributed by atoms with Crippen LogP contribution >= 0.6 is 11.6 Å². The van der Waals surface area contributed by atoms with Gasteiger partial charge in [-0.25, -0.2) is 4.98 Å². The van der Waals surface area contributed by atoms with E-state index >= 15 is 0 Å². The van der Waals surface area contributed by atoms with Crippen LogP contribution in [-0.2, 0) is 6.54 Å². The van der Waals surface area contributed by atoms with E-state index in [1.54, 1.807) is 28.8 Å². The highest BCUT2D eigenvalue weighted by molar-refractivity contribution is 6.31. The summed E-state index contributed by atoms with van der Waals surface area (Å²) in [5.74, 6) is 0.572. The van der Waals surface area contributed by atoms with Crippen LogP contribution in [0.1, 0.15) is 24.0 Å². The molecule has 2 heterocycles. The molecule has 1 aromatic heterocycles. The molecule has 0 radical (unpaired) electrons. The van der Waals surface area contributed by atoms with Gasteiger partial charge in [0, 0.05) is 24.2 Å². The van der Waals surface area contributed by atoms with E-state index < -0.39 is 0 Å². The average Bonchev–Trinajstić information content (AvgIpc) is 2.70. The molecule has 1 aliphatic rings. The number of nitrogens with zero attached hydrogens (tertiary/aromatic N) is 4. The third-order valence-electron chi connectivity index (χ3n) is 5.10. The SMILES string of the molecule is N#Cc1ccccc1Cn1c(N2CCC[C@@H](N)C2)nc2cc(Cl)ccc2c1=O. The van der Waals surface area contributed by atoms with Gasteiger partial charge in [-0.05, 0) is 42.7 Å². The van der Waals surface area contributed by atoms with Gasteiger partial charge >= 0.3 is 0 Å². The summed E-state index contributed by atoms with van der Waals surface area (Å²) in [5, 5.41) is 10.5. The minimum atomic E-state index is -0.149. The summed E-state index contributed by atoms with van der Waals surface area (Å²) >= 11 is 6.12. The Labute approximate surface area is 167 Å². The predicted octanol–water partition coefficient (Wildman–Crippen LogP) is 2.90. The fraction of sp³-hybridized carbons (Fsp3) is 0.286. The molecule has 0 amide bonds. The zero-order valence-electron chi connectivity index (χ0n) is 15.3. The van der Waals surface area contributed by atoms with Crippen molar-refractivity contribution in [1.29, 1.82) is 5.26 Å². The first-order valence-corrected chi connectivity index (χ1v) is 9.63. The lowest BCUT2D eigenvalue weighted by atomic mass is 10.1. The second-order valence-electron chi connectivity index (χ2n) is 7.08. The largest absolute Gasteiger partial charge is 0.341 e. The van der Waals surface area contributed by atoms with E-state index in [0.717, 1.165) is 24.9 Å². The van der Waals surface area contributed by atoms with Crippen LogP contribution in [0.2, 0.25) is 5.02 Å². The smallest absolute Gasteiger partial charge is 0.263 e. The van der Waals surface area contributed by atoms with Gasteiger partial charge in [0.05, 0.1) is 29.1 Å². The normalized spacial score (nSPS) is 16.9. The summed E-state index contributed by atoms with van der Waals surface area (Å²) in [7, 11) is 0. The molecule has 142 valence electrons. The Balaban J connectivity index is 1.90. The van der Waals surface area contributed by atoms with Crippen molar-refractivity contribution >= 4 is 28.5 Å². The Bertz CT molecular complexity index is 1130. The van der Waals surface area contributed by atoms with Crippen LogP contribution < -0.4 is 16.2 Å². The number of hydrogen-bond donors (Lipinski definition) is 1. The van der Waals surface area contributed by atoms with Crippen molar-refractivity contribution in [3.05, 3.63) is 69.0 Å². The number of benzene rings is 2. The molecule has 4 rings (SSSR count). The Morgan fingerprint density at radius 1 is 1.29 bits per heavy atom. The Morgan fingerprint density at radius 3 is 2.89 bits per heavy atom.